The lowest BCUT2D eigenvalue weighted by Gasteiger charge is -2.27. The van der Waals surface area contributed by atoms with Crippen molar-refractivity contribution >= 4 is 23.0 Å². The monoisotopic (exact) mass is 264 g/mol. The van der Waals surface area contributed by atoms with Gasteiger partial charge in [-0.1, -0.05) is 12.1 Å². The minimum atomic E-state index is -0.124. The van der Waals surface area contributed by atoms with Crippen molar-refractivity contribution in [1.29, 1.82) is 0 Å². The quantitative estimate of drug-likeness (QED) is 0.718. The van der Waals surface area contributed by atoms with Crippen LogP contribution in [0.2, 0.25) is 0 Å². The summed E-state index contributed by atoms with van der Waals surface area (Å²) in [5.74, 6) is 0. The highest BCUT2D eigenvalue weighted by molar-refractivity contribution is 7.80. The summed E-state index contributed by atoms with van der Waals surface area (Å²) in [6.45, 7) is 2.06. The summed E-state index contributed by atoms with van der Waals surface area (Å²) in [5.41, 5.74) is 2.23. The van der Waals surface area contributed by atoms with Gasteiger partial charge in [0.25, 0.3) is 0 Å². The van der Waals surface area contributed by atoms with E-state index in [4.69, 9.17) is 12.2 Å². The molecule has 4 heteroatoms. The summed E-state index contributed by atoms with van der Waals surface area (Å²) in [6.07, 6.45) is 3.57. The Kier molecular flexibility index (Phi) is 4.55. The van der Waals surface area contributed by atoms with E-state index in [2.05, 4.69) is 29.7 Å². The van der Waals surface area contributed by atoms with Gasteiger partial charge >= 0.3 is 0 Å². The maximum Gasteiger partial charge on any atom is 0.170 e. The predicted octanol–water partition coefficient (Wildman–Crippen LogP) is 2.58. The van der Waals surface area contributed by atoms with Crippen LogP contribution in [0.5, 0.6) is 0 Å². The van der Waals surface area contributed by atoms with Crippen molar-refractivity contribution in [3.8, 4) is 0 Å². The van der Waals surface area contributed by atoms with Gasteiger partial charge in [-0.25, -0.2) is 0 Å². The Morgan fingerprint density at radius 2 is 2.00 bits per heavy atom. The van der Waals surface area contributed by atoms with Gasteiger partial charge in [0.1, 0.15) is 0 Å². The third-order valence-corrected chi connectivity index (χ3v) is 3.53. The SMILES string of the molecule is Cc1cccc(NC(=S)NC2CCC(O)CC2)c1. The summed E-state index contributed by atoms with van der Waals surface area (Å²) in [7, 11) is 0. The lowest BCUT2D eigenvalue weighted by Crippen LogP contribution is -2.40. The highest BCUT2D eigenvalue weighted by atomic mass is 32.1. The lowest BCUT2D eigenvalue weighted by molar-refractivity contribution is 0.120. The van der Waals surface area contributed by atoms with E-state index in [1.807, 2.05) is 12.1 Å². The van der Waals surface area contributed by atoms with Crippen LogP contribution in [-0.2, 0) is 0 Å². The van der Waals surface area contributed by atoms with E-state index in [0.717, 1.165) is 31.4 Å². The topological polar surface area (TPSA) is 44.3 Å². The van der Waals surface area contributed by atoms with Crippen LogP contribution >= 0.6 is 12.2 Å². The van der Waals surface area contributed by atoms with E-state index in [1.54, 1.807) is 0 Å². The van der Waals surface area contributed by atoms with Gasteiger partial charge in [-0.15, -0.1) is 0 Å². The average Bonchev–Trinajstić information content (AvgIpc) is 2.32. The molecule has 1 fully saturated rings. The average molecular weight is 264 g/mol. The van der Waals surface area contributed by atoms with E-state index in [0.29, 0.717) is 11.2 Å². The molecule has 1 saturated carbocycles. The van der Waals surface area contributed by atoms with Gasteiger partial charge < -0.3 is 15.7 Å². The molecule has 0 amide bonds. The smallest absolute Gasteiger partial charge is 0.170 e. The van der Waals surface area contributed by atoms with Crippen LogP contribution in [0.4, 0.5) is 5.69 Å². The molecule has 18 heavy (non-hydrogen) atoms. The van der Waals surface area contributed by atoms with Gasteiger partial charge in [-0.3, -0.25) is 0 Å². The largest absolute Gasteiger partial charge is 0.393 e. The minimum Gasteiger partial charge on any atom is -0.393 e. The third kappa shape index (κ3) is 3.96. The predicted molar refractivity (Wildman–Crippen MR) is 78.8 cm³/mol. The number of thiocarbonyl (C=S) groups is 1. The van der Waals surface area contributed by atoms with Crippen molar-refractivity contribution in [1.82, 2.24) is 5.32 Å². The van der Waals surface area contributed by atoms with E-state index in [9.17, 15) is 5.11 Å². The molecular formula is C14H20N2OS. The van der Waals surface area contributed by atoms with Gasteiger partial charge in [0.2, 0.25) is 0 Å². The molecule has 0 atom stereocenters. The van der Waals surface area contributed by atoms with Crippen molar-refractivity contribution in [2.24, 2.45) is 0 Å². The van der Waals surface area contributed by atoms with Gasteiger partial charge in [0, 0.05) is 11.7 Å². The summed E-state index contributed by atoms with van der Waals surface area (Å²) < 4.78 is 0. The Morgan fingerprint density at radius 1 is 1.28 bits per heavy atom. The number of hydrogen-bond donors (Lipinski definition) is 3. The van der Waals surface area contributed by atoms with Crippen LogP contribution in [0.15, 0.2) is 24.3 Å². The van der Waals surface area contributed by atoms with Crippen LogP contribution in [0.1, 0.15) is 31.2 Å². The molecule has 0 bridgehead atoms. The van der Waals surface area contributed by atoms with Crippen LogP contribution < -0.4 is 10.6 Å². The fourth-order valence-electron chi connectivity index (χ4n) is 2.30. The maximum atomic E-state index is 9.45. The van der Waals surface area contributed by atoms with Crippen molar-refractivity contribution < 1.29 is 5.11 Å². The number of aliphatic hydroxyl groups is 1. The second-order valence-corrected chi connectivity index (χ2v) is 5.38. The molecule has 0 aromatic heterocycles. The maximum absolute atomic E-state index is 9.45. The van der Waals surface area contributed by atoms with Gasteiger partial charge in [0.05, 0.1) is 6.10 Å². The molecule has 1 aromatic carbocycles. The Balaban J connectivity index is 1.82. The molecule has 2 rings (SSSR count). The Bertz CT molecular complexity index is 414. The Hall–Kier alpha value is -1.13. The number of nitrogens with one attached hydrogen (secondary N) is 2. The molecule has 0 unspecified atom stereocenters. The van der Waals surface area contributed by atoms with Crippen LogP contribution in [0.3, 0.4) is 0 Å². The van der Waals surface area contributed by atoms with Crippen LogP contribution in [0.25, 0.3) is 0 Å². The molecule has 1 aliphatic carbocycles. The first kappa shape index (κ1) is 13.3. The van der Waals surface area contributed by atoms with Gasteiger partial charge in [-0.05, 0) is 62.5 Å². The standard InChI is InChI=1S/C14H20N2OS/c1-10-3-2-4-12(9-10)16-14(18)15-11-5-7-13(17)8-6-11/h2-4,9,11,13,17H,5-8H2,1H3,(H2,15,16,18). The number of aliphatic hydroxyl groups excluding tert-OH is 1. The molecule has 0 aliphatic heterocycles. The van der Waals surface area contributed by atoms with Gasteiger partial charge in [0.15, 0.2) is 5.11 Å². The highest BCUT2D eigenvalue weighted by Crippen LogP contribution is 2.18. The van der Waals surface area contributed by atoms with Crippen LogP contribution in [0, 0.1) is 6.92 Å². The summed E-state index contributed by atoms with van der Waals surface area (Å²) in [4.78, 5) is 0. The fraction of sp³-hybridized carbons (Fsp3) is 0.500. The summed E-state index contributed by atoms with van der Waals surface area (Å²) >= 11 is 5.30. The second kappa shape index (κ2) is 6.16. The van der Waals surface area contributed by atoms with E-state index >= 15 is 0 Å². The van der Waals surface area contributed by atoms with E-state index < -0.39 is 0 Å². The van der Waals surface area contributed by atoms with E-state index in [1.165, 1.54) is 5.56 Å². The molecule has 3 N–H and O–H groups in total. The zero-order chi connectivity index (χ0) is 13.0. The molecule has 1 aliphatic rings. The molecule has 1 aromatic rings. The normalized spacial score (nSPS) is 23.4. The summed E-state index contributed by atoms with van der Waals surface area (Å²) in [5, 5.41) is 16.6. The first-order chi connectivity index (χ1) is 8.63. The molecule has 0 saturated heterocycles. The zero-order valence-corrected chi connectivity index (χ0v) is 11.5. The molecule has 0 spiro atoms. The minimum absolute atomic E-state index is 0.124. The molecular weight excluding hydrogens is 244 g/mol. The number of anilines is 1. The lowest BCUT2D eigenvalue weighted by atomic mass is 9.93. The highest BCUT2D eigenvalue weighted by Gasteiger charge is 2.19. The fourth-order valence-corrected chi connectivity index (χ4v) is 2.58. The van der Waals surface area contributed by atoms with Crippen molar-refractivity contribution in [2.45, 2.75) is 44.8 Å². The summed E-state index contributed by atoms with van der Waals surface area (Å²) in [6, 6.07) is 8.53. The molecule has 0 heterocycles. The van der Waals surface area contributed by atoms with Gasteiger partial charge in [-0.2, -0.15) is 0 Å². The third-order valence-electron chi connectivity index (χ3n) is 3.31. The number of rotatable bonds is 2. The number of aryl methyl sites for hydroxylation is 1. The van der Waals surface area contributed by atoms with Crippen molar-refractivity contribution in [2.75, 3.05) is 5.32 Å². The Morgan fingerprint density at radius 3 is 2.67 bits per heavy atom. The Labute approximate surface area is 114 Å². The zero-order valence-electron chi connectivity index (χ0n) is 10.6. The van der Waals surface area contributed by atoms with Crippen LogP contribution in [-0.4, -0.2) is 22.4 Å². The van der Waals surface area contributed by atoms with Crippen molar-refractivity contribution in [3.05, 3.63) is 29.8 Å². The molecule has 3 nitrogen and oxygen atoms in total. The van der Waals surface area contributed by atoms with E-state index in [-0.39, 0.29) is 6.10 Å². The first-order valence-electron chi connectivity index (χ1n) is 6.46. The molecule has 0 radical (unpaired) electrons. The molecule has 98 valence electrons. The first-order valence-corrected chi connectivity index (χ1v) is 6.86. The number of hydrogen-bond acceptors (Lipinski definition) is 2. The number of benzene rings is 1. The van der Waals surface area contributed by atoms with Crippen molar-refractivity contribution in [3.63, 3.8) is 0 Å². The second-order valence-electron chi connectivity index (χ2n) is 4.97.